The monoisotopic (exact) mass is 182 g/mol. The van der Waals surface area contributed by atoms with Gasteiger partial charge >= 0.3 is 5.97 Å². The van der Waals surface area contributed by atoms with Gasteiger partial charge in [-0.15, -0.1) is 0 Å². The maximum absolute atomic E-state index is 11.2. The van der Waals surface area contributed by atoms with E-state index in [9.17, 15) is 4.79 Å². The van der Waals surface area contributed by atoms with Gasteiger partial charge in [0.05, 0.1) is 0 Å². The van der Waals surface area contributed by atoms with Crippen molar-refractivity contribution in [3.8, 4) is 0 Å². The van der Waals surface area contributed by atoms with E-state index in [1.54, 1.807) is 0 Å². The van der Waals surface area contributed by atoms with Crippen LogP contribution in [0.25, 0.3) is 0 Å². The normalized spacial score (nSPS) is 27.8. The average molecular weight is 182 g/mol. The summed E-state index contributed by atoms with van der Waals surface area (Å²) in [5.74, 6) is 0.0759. The predicted octanol–water partition coefficient (Wildman–Crippen LogP) is 2.68. The molecule has 1 saturated heterocycles. The van der Waals surface area contributed by atoms with Crippen LogP contribution in [0.3, 0.4) is 0 Å². The van der Waals surface area contributed by atoms with Crippen LogP contribution in [0, 0.1) is 5.92 Å². The molecule has 1 heterocycles. The molecule has 1 aliphatic rings. The van der Waals surface area contributed by atoms with E-state index in [1.807, 2.05) is 0 Å². The second kappa shape index (κ2) is 4.45. The second-order valence-corrected chi connectivity index (χ2v) is 3.63. The van der Waals surface area contributed by atoms with Crippen molar-refractivity contribution in [3.05, 3.63) is 12.2 Å². The van der Waals surface area contributed by atoms with Crippen LogP contribution in [0.15, 0.2) is 12.2 Å². The first kappa shape index (κ1) is 10.3. The number of hydrogen-bond acceptors (Lipinski definition) is 2. The van der Waals surface area contributed by atoms with Crippen LogP contribution in [0.1, 0.15) is 39.5 Å². The molecule has 1 rings (SSSR count). The zero-order chi connectivity index (χ0) is 9.84. The third kappa shape index (κ3) is 2.11. The minimum Gasteiger partial charge on any atom is -0.458 e. The first-order valence-corrected chi connectivity index (χ1v) is 5.10. The number of carbonyl (C=O) groups excluding carboxylic acids is 1. The van der Waals surface area contributed by atoms with Gasteiger partial charge in [0.15, 0.2) is 0 Å². The van der Waals surface area contributed by atoms with Crippen LogP contribution in [0.5, 0.6) is 0 Å². The molecule has 0 bridgehead atoms. The lowest BCUT2D eigenvalue weighted by atomic mass is 9.92. The Labute approximate surface area is 80.0 Å². The third-order valence-electron chi connectivity index (χ3n) is 2.70. The quantitative estimate of drug-likeness (QED) is 0.493. The highest BCUT2D eigenvalue weighted by Crippen LogP contribution is 2.31. The zero-order valence-electron chi connectivity index (χ0n) is 8.51. The lowest BCUT2D eigenvalue weighted by molar-refractivity contribution is -0.139. The van der Waals surface area contributed by atoms with Crippen LogP contribution in [0.4, 0.5) is 0 Å². The summed E-state index contributed by atoms with van der Waals surface area (Å²) in [6.45, 7) is 8.00. The minimum absolute atomic E-state index is 0.102. The first-order valence-electron chi connectivity index (χ1n) is 5.10. The molecule has 0 spiro atoms. The summed E-state index contributed by atoms with van der Waals surface area (Å²) in [5.41, 5.74) is 0.670. The van der Waals surface area contributed by atoms with E-state index in [4.69, 9.17) is 4.74 Å². The number of cyclic esters (lactones) is 1. The highest BCUT2D eigenvalue weighted by Gasteiger charge is 2.36. The molecule has 0 N–H and O–H groups in total. The van der Waals surface area contributed by atoms with E-state index in [0.29, 0.717) is 5.57 Å². The smallest absolute Gasteiger partial charge is 0.334 e. The van der Waals surface area contributed by atoms with E-state index in [-0.39, 0.29) is 18.0 Å². The molecule has 2 atom stereocenters. The van der Waals surface area contributed by atoms with Crippen molar-refractivity contribution in [1.29, 1.82) is 0 Å². The standard InChI is InChI=1S/C11H18O2/c1-4-6-7-10-9(5-2)8(3)11(12)13-10/h9-10H,3-7H2,1-2H3/t9-,10-/m0/s1. The number of rotatable bonds is 4. The Morgan fingerprint density at radius 2 is 2.15 bits per heavy atom. The molecule has 2 nitrogen and oxygen atoms in total. The summed E-state index contributed by atoms with van der Waals surface area (Å²) in [5, 5.41) is 0. The molecule has 13 heavy (non-hydrogen) atoms. The fraction of sp³-hybridized carbons (Fsp3) is 0.727. The van der Waals surface area contributed by atoms with Crippen molar-refractivity contribution in [1.82, 2.24) is 0 Å². The number of ether oxygens (including phenoxy) is 1. The van der Waals surface area contributed by atoms with Gasteiger partial charge in [-0.2, -0.15) is 0 Å². The van der Waals surface area contributed by atoms with Crippen LogP contribution in [-0.2, 0) is 9.53 Å². The van der Waals surface area contributed by atoms with Gasteiger partial charge in [-0.25, -0.2) is 4.79 Å². The van der Waals surface area contributed by atoms with E-state index in [2.05, 4.69) is 20.4 Å². The van der Waals surface area contributed by atoms with Crippen molar-refractivity contribution in [2.45, 2.75) is 45.6 Å². The Kier molecular flexibility index (Phi) is 3.52. The second-order valence-electron chi connectivity index (χ2n) is 3.63. The third-order valence-corrected chi connectivity index (χ3v) is 2.70. The summed E-state index contributed by atoms with van der Waals surface area (Å²) in [6, 6.07) is 0. The maximum Gasteiger partial charge on any atom is 0.334 e. The number of esters is 1. The van der Waals surface area contributed by atoms with E-state index < -0.39 is 0 Å². The lowest BCUT2D eigenvalue weighted by Crippen LogP contribution is -2.15. The fourth-order valence-electron chi connectivity index (χ4n) is 1.85. The number of hydrogen-bond donors (Lipinski definition) is 0. The van der Waals surface area contributed by atoms with Crippen molar-refractivity contribution in [2.24, 2.45) is 5.92 Å². The molecule has 0 aromatic heterocycles. The Morgan fingerprint density at radius 3 is 2.69 bits per heavy atom. The van der Waals surface area contributed by atoms with Gasteiger partial charge in [-0.3, -0.25) is 0 Å². The Bertz CT molecular complexity index is 208. The van der Waals surface area contributed by atoms with Crippen molar-refractivity contribution in [3.63, 3.8) is 0 Å². The SMILES string of the molecule is C=C1C(=O)O[C@@H](CCCC)[C@H]1CC. The summed E-state index contributed by atoms with van der Waals surface area (Å²) < 4.78 is 5.24. The molecular weight excluding hydrogens is 164 g/mol. The molecule has 74 valence electrons. The Morgan fingerprint density at radius 1 is 1.46 bits per heavy atom. The molecule has 0 aliphatic carbocycles. The van der Waals surface area contributed by atoms with Gasteiger partial charge in [-0.1, -0.05) is 33.3 Å². The topological polar surface area (TPSA) is 26.3 Å². The number of carbonyl (C=O) groups is 1. The molecule has 0 aromatic rings. The summed E-state index contributed by atoms with van der Waals surface area (Å²) in [6.07, 6.45) is 4.32. The van der Waals surface area contributed by atoms with Crippen LogP contribution < -0.4 is 0 Å². The molecule has 1 fully saturated rings. The first-order chi connectivity index (χ1) is 6.20. The molecule has 0 amide bonds. The van der Waals surface area contributed by atoms with Crippen LogP contribution in [0.2, 0.25) is 0 Å². The largest absolute Gasteiger partial charge is 0.458 e. The Hall–Kier alpha value is -0.790. The fourth-order valence-corrected chi connectivity index (χ4v) is 1.85. The average Bonchev–Trinajstić information content (AvgIpc) is 2.39. The molecule has 1 aliphatic heterocycles. The lowest BCUT2D eigenvalue weighted by Gasteiger charge is -2.14. The van der Waals surface area contributed by atoms with Crippen LogP contribution in [-0.4, -0.2) is 12.1 Å². The molecule has 0 radical (unpaired) electrons. The van der Waals surface area contributed by atoms with Crippen molar-refractivity contribution >= 4 is 5.97 Å². The molecule has 0 unspecified atom stereocenters. The van der Waals surface area contributed by atoms with Gasteiger partial charge < -0.3 is 4.74 Å². The molecule has 0 aromatic carbocycles. The maximum atomic E-state index is 11.2. The van der Waals surface area contributed by atoms with E-state index in [1.165, 1.54) is 0 Å². The zero-order valence-corrected chi connectivity index (χ0v) is 8.51. The number of unbranched alkanes of at least 4 members (excludes halogenated alkanes) is 1. The van der Waals surface area contributed by atoms with Gasteiger partial charge in [0.2, 0.25) is 0 Å². The Balaban J connectivity index is 2.54. The minimum atomic E-state index is -0.187. The highest BCUT2D eigenvalue weighted by molar-refractivity contribution is 5.90. The molecule has 0 saturated carbocycles. The summed E-state index contributed by atoms with van der Waals surface area (Å²) in [4.78, 5) is 11.2. The predicted molar refractivity (Wildman–Crippen MR) is 52.3 cm³/mol. The van der Waals surface area contributed by atoms with E-state index in [0.717, 1.165) is 25.7 Å². The molecule has 2 heteroatoms. The molecular formula is C11H18O2. The summed E-state index contributed by atoms with van der Waals surface area (Å²) >= 11 is 0. The van der Waals surface area contributed by atoms with Crippen LogP contribution >= 0.6 is 0 Å². The van der Waals surface area contributed by atoms with E-state index >= 15 is 0 Å². The van der Waals surface area contributed by atoms with Crippen molar-refractivity contribution in [2.75, 3.05) is 0 Å². The summed E-state index contributed by atoms with van der Waals surface area (Å²) in [7, 11) is 0. The van der Waals surface area contributed by atoms with Gasteiger partial charge in [0.1, 0.15) is 6.10 Å². The van der Waals surface area contributed by atoms with Gasteiger partial charge in [0.25, 0.3) is 0 Å². The highest BCUT2D eigenvalue weighted by atomic mass is 16.6. The van der Waals surface area contributed by atoms with Crippen molar-refractivity contribution < 1.29 is 9.53 Å². The van der Waals surface area contributed by atoms with Gasteiger partial charge in [0, 0.05) is 11.5 Å². The van der Waals surface area contributed by atoms with Gasteiger partial charge in [-0.05, 0) is 12.8 Å².